The smallest absolute Gasteiger partial charge is 0.245 e. The molecule has 2 fully saturated rings. The first-order valence-corrected chi connectivity index (χ1v) is 10.1. The maximum atomic E-state index is 12.1. The number of benzene rings is 1. The average molecular weight is 393 g/mol. The maximum Gasteiger partial charge on any atom is 0.245 e. The molecular formula is C23H28N4O2. The van der Waals surface area contributed by atoms with E-state index in [2.05, 4.69) is 17.6 Å². The fourth-order valence-electron chi connectivity index (χ4n) is 4.96. The zero-order valence-electron chi connectivity index (χ0n) is 16.5. The minimum Gasteiger partial charge on any atom is -0.507 e. The number of phenols is 1. The Bertz CT molecular complexity index is 962. The molecule has 29 heavy (non-hydrogen) atoms. The molecule has 1 aromatic carbocycles. The van der Waals surface area contributed by atoms with Gasteiger partial charge in [0.25, 0.3) is 0 Å². The number of carbonyl (C=O) groups is 1. The number of anilines is 1. The molecule has 1 aliphatic heterocycles. The van der Waals surface area contributed by atoms with Crippen LogP contribution in [0.3, 0.4) is 0 Å². The van der Waals surface area contributed by atoms with E-state index in [4.69, 9.17) is 11.5 Å². The molecule has 1 aliphatic carbocycles. The summed E-state index contributed by atoms with van der Waals surface area (Å²) in [7, 11) is 0. The van der Waals surface area contributed by atoms with Crippen molar-refractivity contribution < 1.29 is 9.90 Å². The number of para-hydroxylation sites is 1. The summed E-state index contributed by atoms with van der Waals surface area (Å²) in [5, 5.41) is 10.0. The number of hydrogen-bond donors (Lipinski definition) is 4. The fourth-order valence-corrected chi connectivity index (χ4v) is 4.96. The molecule has 2 heterocycles. The van der Waals surface area contributed by atoms with Gasteiger partial charge in [0.15, 0.2) is 0 Å². The summed E-state index contributed by atoms with van der Waals surface area (Å²) < 4.78 is 0. The standard InChI is InChI=1S/C23H28N4O2/c1-2-22(29)27-12-14-6-5-8-16(18(14)13-27)20-11-15(23(25)26-20)10-19(24)17-7-3-4-9-21(17)28/h2-4,7,9-11,14,16,18,26,28H,1,5-6,8,12-13,24-25H2/b19-10-/t14-,16?,18+/m1/s1. The Hall–Kier alpha value is -3.15. The third-order valence-corrected chi connectivity index (χ3v) is 6.41. The topological polar surface area (TPSA) is 108 Å². The summed E-state index contributed by atoms with van der Waals surface area (Å²) in [5.41, 5.74) is 15.4. The molecule has 152 valence electrons. The predicted molar refractivity (Wildman–Crippen MR) is 116 cm³/mol. The Kier molecular flexibility index (Phi) is 5.09. The van der Waals surface area contributed by atoms with Gasteiger partial charge in [-0.25, -0.2) is 0 Å². The summed E-state index contributed by atoms with van der Waals surface area (Å²) in [5.74, 6) is 2.02. The first-order chi connectivity index (χ1) is 14.0. The number of likely N-dealkylation sites (tertiary alicyclic amines) is 1. The van der Waals surface area contributed by atoms with Crippen molar-refractivity contribution >= 4 is 23.5 Å². The maximum absolute atomic E-state index is 12.1. The number of amides is 1. The number of aromatic hydroxyl groups is 1. The molecule has 1 saturated carbocycles. The molecule has 1 amide bonds. The van der Waals surface area contributed by atoms with E-state index in [1.54, 1.807) is 24.3 Å². The zero-order valence-corrected chi connectivity index (χ0v) is 16.5. The summed E-state index contributed by atoms with van der Waals surface area (Å²) in [6.45, 7) is 5.21. The zero-order chi connectivity index (χ0) is 20.5. The van der Waals surface area contributed by atoms with Gasteiger partial charge in [0.1, 0.15) is 11.6 Å². The second-order valence-electron chi connectivity index (χ2n) is 8.12. The van der Waals surface area contributed by atoms with E-state index in [-0.39, 0.29) is 11.7 Å². The number of hydrogen-bond acceptors (Lipinski definition) is 4. The number of H-pyrrole nitrogens is 1. The summed E-state index contributed by atoms with van der Waals surface area (Å²) >= 11 is 0. The number of nitrogen functional groups attached to an aromatic ring is 1. The number of carbonyl (C=O) groups excluding carboxylic acids is 1. The van der Waals surface area contributed by atoms with Crippen molar-refractivity contribution in [2.75, 3.05) is 18.8 Å². The number of rotatable bonds is 4. The van der Waals surface area contributed by atoms with Crippen molar-refractivity contribution in [2.24, 2.45) is 17.6 Å². The van der Waals surface area contributed by atoms with Gasteiger partial charge in [-0.05, 0) is 55.0 Å². The lowest BCUT2D eigenvalue weighted by Crippen LogP contribution is -2.28. The van der Waals surface area contributed by atoms with Gasteiger partial charge in [-0.2, -0.15) is 0 Å². The van der Waals surface area contributed by atoms with Crippen LogP contribution in [0.25, 0.3) is 11.8 Å². The Balaban J connectivity index is 1.59. The Morgan fingerprint density at radius 3 is 2.83 bits per heavy atom. The van der Waals surface area contributed by atoms with Crippen LogP contribution < -0.4 is 11.5 Å². The van der Waals surface area contributed by atoms with E-state index in [0.29, 0.717) is 34.8 Å². The highest BCUT2D eigenvalue weighted by atomic mass is 16.3. The molecule has 1 unspecified atom stereocenters. The highest BCUT2D eigenvalue weighted by molar-refractivity contribution is 5.87. The molecule has 2 aromatic rings. The second-order valence-corrected chi connectivity index (χ2v) is 8.12. The molecule has 1 aromatic heterocycles. The third kappa shape index (κ3) is 3.62. The number of aromatic amines is 1. The highest BCUT2D eigenvalue weighted by Crippen LogP contribution is 2.45. The van der Waals surface area contributed by atoms with Crippen molar-refractivity contribution in [3.05, 3.63) is 59.8 Å². The van der Waals surface area contributed by atoms with Crippen molar-refractivity contribution in [3.8, 4) is 5.75 Å². The first-order valence-electron chi connectivity index (χ1n) is 10.1. The van der Waals surface area contributed by atoms with E-state index in [9.17, 15) is 9.90 Å². The summed E-state index contributed by atoms with van der Waals surface area (Å²) in [6.07, 6.45) is 6.59. The quantitative estimate of drug-likeness (QED) is 0.599. The lowest BCUT2D eigenvalue weighted by molar-refractivity contribution is -0.125. The number of nitrogens with one attached hydrogen (secondary N) is 1. The molecule has 0 bridgehead atoms. The van der Waals surface area contributed by atoms with E-state index >= 15 is 0 Å². The fraction of sp³-hybridized carbons (Fsp3) is 0.348. The van der Waals surface area contributed by atoms with E-state index in [1.165, 1.54) is 6.08 Å². The van der Waals surface area contributed by atoms with Crippen LogP contribution in [0.1, 0.15) is 42.0 Å². The normalized spacial score (nSPS) is 24.3. The van der Waals surface area contributed by atoms with Crippen molar-refractivity contribution in [3.63, 3.8) is 0 Å². The van der Waals surface area contributed by atoms with Crippen molar-refractivity contribution in [1.29, 1.82) is 0 Å². The van der Waals surface area contributed by atoms with Crippen LogP contribution in [-0.2, 0) is 4.79 Å². The van der Waals surface area contributed by atoms with Gasteiger partial charge < -0.3 is 26.5 Å². The number of phenolic OH excluding ortho intramolecular Hbond substituents is 1. The van der Waals surface area contributed by atoms with Gasteiger partial charge in [-0.3, -0.25) is 4.79 Å². The molecular weight excluding hydrogens is 364 g/mol. The molecule has 0 spiro atoms. The van der Waals surface area contributed by atoms with Crippen molar-refractivity contribution in [1.82, 2.24) is 9.88 Å². The predicted octanol–water partition coefficient (Wildman–Crippen LogP) is 3.29. The van der Waals surface area contributed by atoms with Crippen LogP contribution in [0.15, 0.2) is 43.0 Å². The van der Waals surface area contributed by atoms with Crippen LogP contribution in [-0.4, -0.2) is 34.0 Å². The number of nitrogens with zero attached hydrogens (tertiary/aromatic N) is 1. The number of fused-ring (bicyclic) bond motifs is 1. The van der Waals surface area contributed by atoms with Gasteiger partial charge in [0, 0.05) is 41.5 Å². The first kappa shape index (κ1) is 19.2. The minimum atomic E-state index is 0.0169. The van der Waals surface area contributed by atoms with Gasteiger partial charge >= 0.3 is 0 Å². The van der Waals surface area contributed by atoms with Gasteiger partial charge in [0.05, 0.1) is 0 Å². The minimum absolute atomic E-state index is 0.0169. The summed E-state index contributed by atoms with van der Waals surface area (Å²) in [6, 6.07) is 9.05. The van der Waals surface area contributed by atoms with E-state index < -0.39 is 0 Å². The molecule has 6 heteroatoms. The van der Waals surface area contributed by atoms with E-state index in [0.717, 1.165) is 43.6 Å². The SMILES string of the molecule is C=CC(=O)N1C[C@H]2CCCC(c3cc(/C=C(\N)c4ccccc4O)c(N)[nH]3)[C@H]2C1. The number of aromatic nitrogens is 1. The van der Waals surface area contributed by atoms with Crippen LogP contribution in [0.4, 0.5) is 5.82 Å². The Morgan fingerprint density at radius 2 is 2.07 bits per heavy atom. The van der Waals surface area contributed by atoms with Gasteiger partial charge in [-0.1, -0.05) is 25.1 Å². The monoisotopic (exact) mass is 392 g/mol. The summed E-state index contributed by atoms with van der Waals surface area (Å²) in [4.78, 5) is 17.3. The molecule has 1 saturated heterocycles. The van der Waals surface area contributed by atoms with Crippen LogP contribution in [0.2, 0.25) is 0 Å². The Labute approximate surface area is 170 Å². The molecule has 2 aliphatic rings. The lowest BCUT2D eigenvalue weighted by atomic mass is 9.72. The molecule has 6 nitrogen and oxygen atoms in total. The van der Waals surface area contributed by atoms with E-state index in [1.807, 2.05) is 11.0 Å². The molecule has 6 N–H and O–H groups in total. The van der Waals surface area contributed by atoms with Crippen LogP contribution >= 0.6 is 0 Å². The highest BCUT2D eigenvalue weighted by Gasteiger charge is 2.42. The number of nitrogens with two attached hydrogens (primary N) is 2. The largest absolute Gasteiger partial charge is 0.507 e. The van der Waals surface area contributed by atoms with Crippen LogP contribution in [0.5, 0.6) is 5.75 Å². The lowest BCUT2D eigenvalue weighted by Gasteiger charge is -2.32. The van der Waals surface area contributed by atoms with Crippen LogP contribution in [0, 0.1) is 11.8 Å². The molecule has 4 rings (SSSR count). The van der Waals surface area contributed by atoms with Gasteiger partial charge in [-0.15, -0.1) is 0 Å². The second kappa shape index (κ2) is 7.70. The molecule has 0 radical (unpaired) electrons. The van der Waals surface area contributed by atoms with Gasteiger partial charge in [0.2, 0.25) is 5.91 Å². The average Bonchev–Trinajstić information content (AvgIpc) is 3.31. The molecule has 3 atom stereocenters. The van der Waals surface area contributed by atoms with Crippen molar-refractivity contribution in [2.45, 2.75) is 25.2 Å². The Morgan fingerprint density at radius 1 is 1.28 bits per heavy atom. The third-order valence-electron chi connectivity index (χ3n) is 6.41.